The third-order valence-corrected chi connectivity index (χ3v) is 4.62. The highest BCUT2D eigenvalue weighted by Gasteiger charge is 2.38. The highest BCUT2D eigenvalue weighted by atomic mass is 32.2. The van der Waals surface area contributed by atoms with Crippen molar-refractivity contribution in [1.29, 1.82) is 0 Å². The zero-order chi connectivity index (χ0) is 8.44. The van der Waals surface area contributed by atoms with Crippen LogP contribution in [0.5, 0.6) is 0 Å². The Kier molecular flexibility index (Phi) is 2.69. The van der Waals surface area contributed by atoms with E-state index >= 15 is 0 Å². The Morgan fingerprint density at radius 3 is 2.33 bits per heavy atom. The molecule has 0 aromatic heterocycles. The number of ether oxygens (including phenoxy) is 2. The van der Waals surface area contributed by atoms with E-state index in [0.717, 1.165) is 17.1 Å². The summed E-state index contributed by atoms with van der Waals surface area (Å²) in [7, 11) is 0. The molecule has 68 valence electrons. The Balaban J connectivity index is 1.96. The van der Waals surface area contributed by atoms with E-state index in [1.165, 1.54) is 6.42 Å². The van der Waals surface area contributed by atoms with E-state index in [4.69, 9.17) is 9.47 Å². The zero-order valence-electron chi connectivity index (χ0n) is 6.88. The number of thioether (sulfide) groups is 2. The van der Waals surface area contributed by atoms with Crippen molar-refractivity contribution in [3.05, 3.63) is 12.2 Å². The monoisotopic (exact) mass is 204 g/mol. The lowest BCUT2D eigenvalue weighted by Gasteiger charge is -2.38. The van der Waals surface area contributed by atoms with Crippen molar-refractivity contribution in [2.24, 2.45) is 0 Å². The minimum absolute atomic E-state index is 0.389. The summed E-state index contributed by atoms with van der Waals surface area (Å²) >= 11 is 3.53. The van der Waals surface area contributed by atoms with Gasteiger partial charge in [-0.1, -0.05) is 30.1 Å². The quantitative estimate of drug-likeness (QED) is 0.562. The van der Waals surface area contributed by atoms with E-state index in [9.17, 15) is 0 Å². The van der Waals surface area contributed by atoms with E-state index in [2.05, 4.69) is 6.58 Å². The molecular weight excluding hydrogens is 192 g/mol. The third-order valence-electron chi connectivity index (χ3n) is 1.75. The standard InChI is InChI=1S/C8H12O2S2/c1-7-5-9-8(10-6-7)11-3-2-4-12-8/h1-6H2. The average molecular weight is 204 g/mol. The summed E-state index contributed by atoms with van der Waals surface area (Å²) in [5, 5.41) is 0. The maximum atomic E-state index is 5.62. The molecule has 0 radical (unpaired) electrons. The molecule has 2 aliphatic rings. The summed E-state index contributed by atoms with van der Waals surface area (Å²) in [6, 6.07) is 0. The van der Waals surface area contributed by atoms with Gasteiger partial charge in [-0.05, 0) is 12.0 Å². The van der Waals surface area contributed by atoms with Crippen LogP contribution in [-0.4, -0.2) is 29.2 Å². The van der Waals surface area contributed by atoms with Crippen molar-refractivity contribution in [3.63, 3.8) is 0 Å². The van der Waals surface area contributed by atoms with Crippen molar-refractivity contribution in [3.8, 4) is 0 Å². The van der Waals surface area contributed by atoms with E-state index in [1.807, 2.05) is 0 Å². The van der Waals surface area contributed by atoms with Gasteiger partial charge in [0.05, 0.1) is 13.2 Å². The molecule has 2 nitrogen and oxygen atoms in total. The molecule has 0 N–H and O–H groups in total. The highest BCUT2D eigenvalue weighted by molar-refractivity contribution is 8.18. The molecule has 0 aromatic rings. The molecule has 0 bridgehead atoms. The minimum atomic E-state index is -0.389. The molecular formula is C8H12O2S2. The maximum absolute atomic E-state index is 5.62. The van der Waals surface area contributed by atoms with Crippen LogP contribution in [0.4, 0.5) is 0 Å². The van der Waals surface area contributed by atoms with Gasteiger partial charge in [0, 0.05) is 11.5 Å². The molecule has 0 atom stereocenters. The number of hydrogen-bond acceptors (Lipinski definition) is 4. The molecule has 0 aliphatic carbocycles. The molecule has 2 fully saturated rings. The van der Waals surface area contributed by atoms with Crippen LogP contribution in [0, 0.1) is 0 Å². The van der Waals surface area contributed by atoms with Crippen LogP contribution in [0.2, 0.25) is 0 Å². The Morgan fingerprint density at radius 2 is 1.75 bits per heavy atom. The first kappa shape index (κ1) is 8.94. The molecule has 0 saturated carbocycles. The van der Waals surface area contributed by atoms with Gasteiger partial charge in [0.15, 0.2) is 0 Å². The maximum Gasteiger partial charge on any atom is 0.270 e. The molecule has 2 saturated heterocycles. The van der Waals surface area contributed by atoms with Crippen LogP contribution in [0.25, 0.3) is 0 Å². The first-order valence-corrected chi connectivity index (χ1v) is 6.00. The first-order valence-electron chi connectivity index (χ1n) is 4.03. The molecule has 0 unspecified atom stereocenters. The fourth-order valence-corrected chi connectivity index (χ4v) is 3.79. The van der Waals surface area contributed by atoms with Gasteiger partial charge in [0.25, 0.3) is 4.45 Å². The molecule has 0 aromatic carbocycles. The van der Waals surface area contributed by atoms with E-state index in [-0.39, 0.29) is 4.45 Å². The van der Waals surface area contributed by atoms with Crippen LogP contribution in [0.15, 0.2) is 12.2 Å². The van der Waals surface area contributed by atoms with Crippen LogP contribution in [0.3, 0.4) is 0 Å². The molecule has 4 heteroatoms. The van der Waals surface area contributed by atoms with Gasteiger partial charge in [-0.15, -0.1) is 0 Å². The van der Waals surface area contributed by atoms with E-state index in [0.29, 0.717) is 13.2 Å². The van der Waals surface area contributed by atoms with Gasteiger partial charge in [-0.25, -0.2) is 0 Å². The van der Waals surface area contributed by atoms with Gasteiger partial charge < -0.3 is 9.47 Å². The van der Waals surface area contributed by atoms with Crippen LogP contribution >= 0.6 is 23.5 Å². The van der Waals surface area contributed by atoms with E-state index < -0.39 is 0 Å². The van der Waals surface area contributed by atoms with Gasteiger partial charge in [-0.3, -0.25) is 0 Å². The summed E-state index contributed by atoms with van der Waals surface area (Å²) in [4.78, 5) is 0. The Morgan fingerprint density at radius 1 is 1.17 bits per heavy atom. The second-order valence-electron chi connectivity index (χ2n) is 2.88. The second-order valence-corrected chi connectivity index (χ2v) is 5.61. The molecule has 2 heterocycles. The summed E-state index contributed by atoms with van der Waals surface area (Å²) in [6.07, 6.45) is 1.25. The van der Waals surface area contributed by atoms with Crippen molar-refractivity contribution in [2.45, 2.75) is 10.9 Å². The van der Waals surface area contributed by atoms with Crippen molar-refractivity contribution < 1.29 is 9.47 Å². The van der Waals surface area contributed by atoms with Crippen molar-refractivity contribution in [2.75, 3.05) is 24.7 Å². The Bertz CT molecular complexity index is 175. The smallest absolute Gasteiger partial charge is 0.270 e. The first-order chi connectivity index (χ1) is 5.81. The molecule has 12 heavy (non-hydrogen) atoms. The SMILES string of the molecule is C=C1COC2(OC1)SCCCS2. The van der Waals surface area contributed by atoms with Crippen molar-refractivity contribution in [1.82, 2.24) is 0 Å². The van der Waals surface area contributed by atoms with Gasteiger partial charge in [0.1, 0.15) is 0 Å². The largest absolute Gasteiger partial charge is 0.328 e. The second kappa shape index (κ2) is 3.62. The topological polar surface area (TPSA) is 18.5 Å². The zero-order valence-corrected chi connectivity index (χ0v) is 8.51. The fourth-order valence-electron chi connectivity index (χ4n) is 1.13. The molecule has 1 spiro atoms. The lowest BCUT2D eigenvalue weighted by atomic mass is 10.3. The van der Waals surface area contributed by atoms with Gasteiger partial charge in [-0.2, -0.15) is 0 Å². The molecule has 2 aliphatic heterocycles. The van der Waals surface area contributed by atoms with E-state index in [1.54, 1.807) is 23.5 Å². The summed E-state index contributed by atoms with van der Waals surface area (Å²) in [6.45, 7) is 5.13. The van der Waals surface area contributed by atoms with Crippen LogP contribution in [-0.2, 0) is 9.47 Å². The Labute approximate surface area is 81.1 Å². The highest BCUT2D eigenvalue weighted by Crippen LogP contribution is 2.45. The van der Waals surface area contributed by atoms with Gasteiger partial charge >= 0.3 is 0 Å². The predicted octanol–water partition coefficient (Wildman–Crippen LogP) is 2.07. The Hall–Kier alpha value is 0.360. The fraction of sp³-hybridized carbons (Fsp3) is 0.750. The summed E-state index contributed by atoms with van der Waals surface area (Å²) in [5.74, 6) is 2.28. The molecule has 0 amide bonds. The normalized spacial score (nSPS) is 29.2. The molecule has 2 rings (SSSR count). The minimum Gasteiger partial charge on any atom is -0.328 e. The number of hydrogen-bond donors (Lipinski definition) is 0. The lowest BCUT2D eigenvalue weighted by Crippen LogP contribution is -2.37. The lowest BCUT2D eigenvalue weighted by molar-refractivity contribution is -0.123. The average Bonchev–Trinajstić information content (AvgIpc) is 2.13. The van der Waals surface area contributed by atoms with Gasteiger partial charge in [0.2, 0.25) is 0 Å². The summed E-state index contributed by atoms with van der Waals surface area (Å²) < 4.78 is 10.9. The third kappa shape index (κ3) is 1.82. The summed E-state index contributed by atoms with van der Waals surface area (Å²) in [5.41, 5.74) is 1.03. The van der Waals surface area contributed by atoms with Crippen molar-refractivity contribution >= 4 is 23.5 Å². The van der Waals surface area contributed by atoms with Crippen LogP contribution in [0.1, 0.15) is 6.42 Å². The van der Waals surface area contributed by atoms with Crippen LogP contribution < -0.4 is 0 Å². The number of rotatable bonds is 0. The predicted molar refractivity (Wildman–Crippen MR) is 53.3 cm³/mol.